The highest BCUT2D eigenvalue weighted by atomic mass is 79.9. The molecule has 1 atom stereocenters. The van der Waals surface area contributed by atoms with Gasteiger partial charge in [0.15, 0.2) is 0 Å². The summed E-state index contributed by atoms with van der Waals surface area (Å²) < 4.78 is 7.17. The van der Waals surface area contributed by atoms with Crippen LogP contribution in [0.15, 0.2) is 36.7 Å². The molecule has 20 heavy (non-hydrogen) atoms. The van der Waals surface area contributed by atoms with Gasteiger partial charge in [-0.25, -0.2) is 0 Å². The lowest BCUT2D eigenvalue weighted by atomic mass is 9.95. The molecule has 1 aromatic carbocycles. The van der Waals surface area contributed by atoms with Crippen LogP contribution in [0.4, 0.5) is 0 Å². The first-order chi connectivity index (χ1) is 9.75. The summed E-state index contributed by atoms with van der Waals surface area (Å²) in [5.74, 6) is 1.49. The Hall–Kier alpha value is -1.29. The van der Waals surface area contributed by atoms with Crippen LogP contribution in [-0.2, 0) is 19.4 Å². The Morgan fingerprint density at radius 2 is 1.90 bits per heavy atom. The summed E-state index contributed by atoms with van der Waals surface area (Å²) in [6.07, 6.45) is 6.24. The molecule has 0 aliphatic carbocycles. The van der Waals surface area contributed by atoms with Gasteiger partial charge in [0.1, 0.15) is 5.75 Å². The Morgan fingerprint density at radius 1 is 1.20 bits per heavy atom. The van der Waals surface area contributed by atoms with Gasteiger partial charge in [0.25, 0.3) is 0 Å². The van der Waals surface area contributed by atoms with Crippen LogP contribution in [0, 0.1) is 5.92 Å². The van der Waals surface area contributed by atoms with Crippen molar-refractivity contribution >= 4 is 15.9 Å². The van der Waals surface area contributed by atoms with Crippen LogP contribution in [-0.4, -0.2) is 22.2 Å². The minimum atomic E-state index is 0.581. The van der Waals surface area contributed by atoms with Gasteiger partial charge in [-0.3, -0.25) is 4.68 Å². The Morgan fingerprint density at radius 3 is 2.45 bits per heavy atom. The van der Waals surface area contributed by atoms with Crippen molar-refractivity contribution in [1.82, 2.24) is 9.78 Å². The molecule has 0 aliphatic rings. The molecule has 3 nitrogen and oxygen atoms in total. The highest BCUT2D eigenvalue weighted by Crippen LogP contribution is 2.19. The molecule has 0 aliphatic heterocycles. The Bertz CT molecular complexity index is 522. The molecule has 4 heteroatoms. The number of ether oxygens (including phenoxy) is 1. The third kappa shape index (κ3) is 4.10. The van der Waals surface area contributed by atoms with Crippen LogP contribution in [0.3, 0.4) is 0 Å². The largest absolute Gasteiger partial charge is 0.497 e. The lowest BCUT2D eigenvalue weighted by molar-refractivity contribution is 0.414. The molecular formula is C16H21BrN2O. The van der Waals surface area contributed by atoms with Crippen LogP contribution in [0.25, 0.3) is 0 Å². The second-order valence-corrected chi connectivity index (χ2v) is 5.63. The van der Waals surface area contributed by atoms with E-state index >= 15 is 0 Å². The predicted molar refractivity (Wildman–Crippen MR) is 85.6 cm³/mol. The molecule has 0 spiro atoms. The zero-order valence-electron chi connectivity index (χ0n) is 12.1. The van der Waals surface area contributed by atoms with Crippen LogP contribution in [0.2, 0.25) is 0 Å². The summed E-state index contributed by atoms with van der Waals surface area (Å²) in [7, 11) is 1.70. The van der Waals surface area contributed by atoms with E-state index in [1.54, 1.807) is 7.11 Å². The maximum Gasteiger partial charge on any atom is 0.118 e. The van der Waals surface area contributed by atoms with Gasteiger partial charge in [-0.1, -0.05) is 28.1 Å². The van der Waals surface area contributed by atoms with E-state index in [0.717, 1.165) is 30.5 Å². The number of aromatic nitrogens is 2. The molecule has 1 unspecified atom stereocenters. The summed E-state index contributed by atoms with van der Waals surface area (Å²) in [5, 5.41) is 5.33. The van der Waals surface area contributed by atoms with Gasteiger partial charge in [-0.05, 0) is 48.9 Å². The lowest BCUT2D eigenvalue weighted by Gasteiger charge is -2.13. The molecule has 0 saturated carbocycles. The molecule has 2 aromatic rings. The molecule has 108 valence electrons. The van der Waals surface area contributed by atoms with Crippen molar-refractivity contribution in [2.45, 2.75) is 26.3 Å². The van der Waals surface area contributed by atoms with Crippen molar-refractivity contribution < 1.29 is 4.74 Å². The van der Waals surface area contributed by atoms with Gasteiger partial charge in [0.05, 0.1) is 13.3 Å². The quantitative estimate of drug-likeness (QED) is 0.720. The van der Waals surface area contributed by atoms with E-state index in [2.05, 4.69) is 46.3 Å². The van der Waals surface area contributed by atoms with Crippen molar-refractivity contribution in [3.63, 3.8) is 0 Å². The normalized spacial score (nSPS) is 12.3. The number of benzene rings is 1. The van der Waals surface area contributed by atoms with E-state index in [9.17, 15) is 0 Å². The SMILES string of the molecule is CCn1cc(CC(CBr)Cc2ccc(OC)cc2)cn1. The minimum Gasteiger partial charge on any atom is -0.497 e. The van der Waals surface area contributed by atoms with Gasteiger partial charge in [0.2, 0.25) is 0 Å². The smallest absolute Gasteiger partial charge is 0.118 e. The van der Waals surface area contributed by atoms with Crippen LogP contribution in [0.5, 0.6) is 5.75 Å². The fraction of sp³-hybridized carbons (Fsp3) is 0.438. The standard InChI is InChI=1S/C16H21BrN2O/c1-3-19-12-15(11-18-19)9-14(10-17)8-13-4-6-16(20-2)7-5-13/h4-7,11-12,14H,3,8-10H2,1-2H3. The molecule has 0 N–H and O–H groups in total. The molecule has 1 heterocycles. The molecule has 0 amide bonds. The predicted octanol–water partition coefficient (Wildman–Crippen LogP) is 3.71. The maximum absolute atomic E-state index is 5.19. The van der Waals surface area contributed by atoms with Crippen molar-refractivity contribution in [1.29, 1.82) is 0 Å². The topological polar surface area (TPSA) is 27.1 Å². The van der Waals surface area contributed by atoms with Crippen molar-refractivity contribution in [3.8, 4) is 5.75 Å². The Balaban J connectivity index is 1.97. The number of methoxy groups -OCH3 is 1. The summed E-state index contributed by atoms with van der Waals surface area (Å²) in [4.78, 5) is 0. The van der Waals surface area contributed by atoms with Gasteiger partial charge in [-0.15, -0.1) is 0 Å². The van der Waals surface area contributed by atoms with E-state index in [4.69, 9.17) is 4.74 Å². The second-order valence-electron chi connectivity index (χ2n) is 4.98. The molecule has 0 saturated heterocycles. The summed E-state index contributed by atoms with van der Waals surface area (Å²) in [5.41, 5.74) is 2.66. The van der Waals surface area contributed by atoms with Crippen LogP contribution >= 0.6 is 15.9 Å². The molecule has 0 radical (unpaired) electrons. The van der Waals surface area contributed by atoms with Crippen LogP contribution < -0.4 is 4.74 Å². The summed E-state index contributed by atoms with van der Waals surface area (Å²) in [6, 6.07) is 8.33. The molecule has 0 fully saturated rings. The van der Waals surface area contributed by atoms with E-state index in [-0.39, 0.29) is 0 Å². The number of aryl methyl sites for hydroxylation is 1. The number of nitrogens with zero attached hydrogens (tertiary/aromatic N) is 2. The Labute approximate surface area is 129 Å². The molecule has 1 aromatic heterocycles. The number of hydrogen-bond acceptors (Lipinski definition) is 2. The first kappa shape index (κ1) is 15.1. The molecule has 2 rings (SSSR count). The van der Waals surface area contributed by atoms with Crippen molar-refractivity contribution in [2.75, 3.05) is 12.4 Å². The van der Waals surface area contributed by atoms with Gasteiger partial charge in [0, 0.05) is 18.1 Å². The fourth-order valence-corrected chi connectivity index (χ4v) is 2.75. The first-order valence-electron chi connectivity index (χ1n) is 6.95. The number of alkyl halides is 1. The van der Waals surface area contributed by atoms with Gasteiger partial charge >= 0.3 is 0 Å². The van der Waals surface area contributed by atoms with E-state index in [1.807, 2.05) is 23.0 Å². The minimum absolute atomic E-state index is 0.581. The average molecular weight is 337 g/mol. The third-order valence-electron chi connectivity index (χ3n) is 3.44. The molecular weight excluding hydrogens is 316 g/mol. The van der Waals surface area contributed by atoms with Crippen LogP contribution in [0.1, 0.15) is 18.1 Å². The zero-order chi connectivity index (χ0) is 14.4. The van der Waals surface area contributed by atoms with E-state index in [1.165, 1.54) is 11.1 Å². The monoisotopic (exact) mass is 336 g/mol. The van der Waals surface area contributed by atoms with E-state index in [0.29, 0.717) is 5.92 Å². The van der Waals surface area contributed by atoms with Gasteiger partial charge < -0.3 is 4.74 Å². The zero-order valence-corrected chi connectivity index (χ0v) is 13.6. The average Bonchev–Trinajstić information content (AvgIpc) is 2.95. The van der Waals surface area contributed by atoms with E-state index < -0.39 is 0 Å². The maximum atomic E-state index is 5.19. The summed E-state index contributed by atoms with van der Waals surface area (Å²) in [6.45, 7) is 3.04. The highest BCUT2D eigenvalue weighted by molar-refractivity contribution is 9.09. The second kappa shape index (κ2) is 7.48. The van der Waals surface area contributed by atoms with Gasteiger partial charge in [-0.2, -0.15) is 5.10 Å². The lowest BCUT2D eigenvalue weighted by Crippen LogP contribution is -2.09. The first-order valence-corrected chi connectivity index (χ1v) is 8.07. The van der Waals surface area contributed by atoms with Crippen molar-refractivity contribution in [3.05, 3.63) is 47.8 Å². The number of hydrogen-bond donors (Lipinski definition) is 0. The molecule has 0 bridgehead atoms. The highest BCUT2D eigenvalue weighted by Gasteiger charge is 2.11. The fourth-order valence-electron chi connectivity index (χ4n) is 2.29. The Kier molecular flexibility index (Phi) is 5.65. The summed E-state index contributed by atoms with van der Waals surface area (Å²) >= 11 is 3.63. The third-order valence-corrected chi connectivity index (χ3v) is 4.35. The van der Waals surface area contributed by atoms with Crippen molar-refractivity contribution in [2.24, 2.45) is 5.92 Å². The number of halogens is 1. The number of rotatable bonds is 7.